The first-order chi connectivity index (χ1) is 8.32. The van der Waals surface area contributed by atoms with Crippen LogP contribution in [0.4, 0.5) is 0 Å². The van der Waals surface area contributed by atoms with Gasteiger partial charge in [0.25, 0.3) is 0 Å². The number of nitrogens with one attached hydrogen (secondary N) is 1. The molecule has 0 rings (SSSR count). The van der Waals surface area contributed by atoms with Crippen molar-refractivity contribution in [2.45, 2.75) is 46.6 Å². The lowest BCUT2D eigenvalue weighted by Crippen LogP contribution is -2.39. The van der Waals surface area contributed by atoms with E-state index in [1.165, 1.54) is 0 Å². The number of amides is 2. The third kappa shape index (κ3) is 8.98. The van der Waals surface area contributed by atoms with E-state index >= 15 is 0 Å². The highest BCUT2D eigenvalue weighted by Gasteiger charge is 2.12. The third-order valence-corrected chi connectivity index (χ3v) is 2.65. The second-order valence-corrected chi connectivity index (χ2v) is 5.33. The van der Waals surface area contributed by atoms with Gasteiger partial charge in [0.1, 0.15) is 0 Å². The van der Waals surface area contributed by atoms with E-state index in [0.29, 0.717) is 18.9 Å². The van der Waals surface area contributed by atoms with Crippen LogP contribution in [-0.4, -0.2) is 42.4 Å². The van der Waals surface area contributed by atoms with Gasteiger partial charge in [-0.2, -0.15) is 0 Å². The van der Waals surface area contributed by atoms with Crippen molar-refractivity contribution in [3.05, 3.63) is 0 Å². The second kappa shape index (κ2) is 8.91. The zero-order valence-electron chi connectivity index (χ0n) is 12.0. The molecule has 0 atom stereocenters. The molecule has 0 saturated carbocycles. The first-order valence-corrected chi connectivity index (χ1v) is 6.62. The van der Waals surface area contributed by atoms with Crippen LogP contribution in [0.3, 0.4) is 0 Å². The van der Waals surface area contributed by atoms with E-state index < -0.39 is 0 Å². The Bertz CT molecular complexity index is 265. The highest BCUT2D eigenvalue weighted by Crippen LogP contribution is 2.01. The van der Waals surface area contributed by atoms with Gasteiger partial charge in [-0.15, -0.1) is 0 Å². The number of rotatable bonds is 9. The summed E-state index contributed by atoms with van der Waals surface area (Å²) >= 11 is 0. The standard InChI is InChI=1S/C13H27N3O2/c1-10(2)8-15-13(18)6-5-7-16(11(3)4)9-12(14)17/h10-11H,5-9H2,1-4H3,(H2,14,17)(H,15,18). The molecule has 0 aromatic heterocycles. The molecule has 5 nitrogen and oxygen atoms in total. The summed E-state index contributed by atoms with van der Waals surface area (Å²) in [6.07, 6.45) is 1.24. The minimum absolute atomic E-state index is 0.0754. The number of hydrogen-bond donors (Lipinski definition) is 2. The fourth-order valence-corrected chi connectivity index (χ4v) is 1.57. The van der Waals surface area contributed by atoms with Crippen molar-refractivity contribution < 1.29 is 9.59 Å². The monoisotopic (exact) mass is 257 g/mol. The van der Waals surface area contributed by atoms with E-state index in [9.17, 15) is 9.59 Å². The molecule has 0 saturated heterocycles. The maximum Gasteiger partial charge on any atom is 0.231 e. The van der Waals surface area contributed by atoms with Crippen LogP contribution in [0.25, 0.3) is 0 Å². The molecule has 5 heteroatoms. The van der Waals surface area contributed by atoms with E-state index in [4.69, 9.17) is 5.73 Å². The first-order valence-electron chi connectivity index (χ1n) is 6.62. The number of hydrogen-bond acceptors (Lipinski definition) is 3. The van der Waals surface area contributed by atoms with Gasteiger partial charge in [0.05, 0.1) is 6.54 Å². The third-order valence-electron chi connectivity index (χ3n) is 2.65. The largest absolute Gasteiger partial charge is 0.369 e. The Balaban J connectivity index is 3.85. The molecule has 0 heterocycles. The van der Waals surface area contributed by atoms with Crippen molar-refractivity contribution in [2.75, 3.05) is 19.6 Å². The van der Waals surface area contributed by atoms with E-state index in [2.05, 4.69) is 19.2 Å². The highest BCUT2D eigenvalue weighted by atomic mass is 16.2. The fraction of sp³-hybridized carbons (Fsp3) is 0.846. The van der Waals surface area contributed by atoms with Gasteiger partial charge in [-0.3, -0.25) is 14.5 Å². The molecule has 0 aromatic rings. The first kappa shape index (κ1) is 16.9. The summed E-state index contributed by atoms with van der Waals surface area (Å²) in [5.74, 6) is 0.218. The molecule has 0 radical (unpaired) electrons. The molecule has 2 amide bonds. The summed E-state index contributed by atoms with van der Waals surface area (Å²) in [5.41, 5.74) is 5.18. The van der Waals surface area contributed by atoms with E-state index in [1.807, 2.05) is 18.7 Å². The number of primary amides is 1. The highest BCUT2D eigenvalue weighted by molar-refractivity contribution is 5.76. The number of carbonyl (C=O) groups excluding carboxylic acids is 2. The van der Waals surface area contributed by atoms with Crippen molar-refractivity contribution in [3.8, 4) is 0 Å². The van der Waals surface area contributed by atoms with Gasteiger partial charge in [-0.05, 0) is 32.7 Å². The van der Waals surface area contributed by atoms with Crippen molar-refractivity contribution in [1.82, 2.24) is 10.2 Å². The topological polar surface area (TPSA) is 75.4 Å². The van der Waals surface area contributed by atoms with Gasteiger partial charge in [0.15, 0.2) is 0 Å². The van der Waals surface area contributed by atoms with Crippen LogP contribution in [0.5, 0.6) is 0 Å². The van der Waals surface area contributed by atoms with Crippen molar-refractivity contribution in [3.63, 3.8) is 0 Å². The van der Waals surface area contributed by atoms with Crippen LogP contribution in [-0.2, 0) is 9.59 Å². The summed E-state index contributed by atoms with van der Waals surface area (Å²) in [7, 11) is 0. The lowest BCUT2D eigenvalue weighted by Gasteiger charge is -2.24. The molecule has 106 valence electrons. The van der Waals surface area contributed by atoms with Gasteiger partial charge < -0.3 is 11.1 Å². The summed E-state index contributed by atoms with van der Waals surface area (Å²) in [4.78, 5) is 24.4. The zero-order valence-corrected chi connectivity index (χ0v) is 12.0. The SMILES string of the molecule is CC(C)CNC(=O)CCCN(CC(N)=O)C(C)C. The van der Waals surface area contributed by atoms with E-state index in [-0.39, 0.29) is 24.4 Å². The molecule has 0 unspecified atom stereocenters. The molecule has 18 heavy (non-hydrogen) atoms. The lowest BCUT2D eigenvalue weighted by molar-refractivity contribution is -0.121. The molecule has 0 aliphatic rings. The summed E-state index contributed by atoms with van der Waals surface area (Å²) in [6, 6.07) is 0.260. The van der Waals surface area contributed by atoms with Gasteiger partial charge in [0, 0.05) is 19.0 Å². The molecule has 0 bridgehead atoms. The Morgan fingerprint density at radius 1 is 1.22 bits per heavy atom. The quantitative estimate of drug-likeness (QED) is 0.639. The van der Waals surface area contributed by atoms with Crippen LogP contribution >= 0.6 is 0 Å². The smallest absolute Gasteiger partial charge is 0.231 e. The van der Waals surface area contributed by atoms with Gasteiger partial charge >= 0.3 is 0 Å². The minimum atomic E-state index is -0.326. The average Bonchev–Trinajstić information content (AvgIpc) is 2.24. The maximum atomic E-state index is 11.5. The predicted molar refractivity (Wildman–Crippen MR) is 73.0 cm³/mol. The van der Waals surface area contributed by atoms with E-state index in [0.717, 1.165) is 13.0 Å². The Morgan fingerprint density at radius 2 is 1.83 bits per heavy atom. The molecule has 0 spiro atoms. The van der Waals surface area contributed by atoms with Crippen LogP contribution < -0.4 is 11.1 Å². The Hall–Kier alpha value is -1.10. The molecular weight excluding hydrogens is 230 g/mol. The summed E-state index contributed by atoms with van der Waals surface area (Å²) in [5, 5.41) is 2.88. The van der Waals surface area contributed by atoms with Crippen molar-refractivity contribution >= 4 is 11.8 Å². The van der Waals surface area contributed by atoms with Gasteiger partial charge in [-0.1, -0.05) is 13.8 Å². The molecule has 0 aliphatic heterocycles. The molecular formula is C13H27N3O2. The van der Waals surface area contributed by atoms with Crippen LogP contribution in [0.15, 0.2) is 0 Å². The molecule has 0 aromatic carbocycles. The molecule has 0 aliphatic carbocycles. The van der Waals surface area contributed by atoms with Crippen LogP contribution in [0.2, 0.25) is 0 Å². The summed E-state index contributed by atoms with van der Waals surface area (Å²) < 4.78 is 0. The minimum Gasteiger partial charge on any atom is -0.369 e. The predicted octanol–water partition coefficient (Wildman–Crippen LogP) is 0.735. The molecule has 0 fully saturated rings. The van der Waals surface area contributed by atoms with Crippen LogP contribution in [0.1, 0.15) is 40.5 Å². The molecule has 3 N–H and O–H groups in total. The summed E-state index contributed by atoms with van der Waals surface area (Å²) in [6.45, 7) is 9.85. The average molecular weight is 257 g/mol. The fourth-order valence-electron chi connectivity index (χ4n) is 1.57. The van der Waals surface area contributed by atoms with Crippen molar-refractivity contribution in [2.24, 2.45) is 11.7 Å². The Morgan fingerprint density at radius 3 is 2.28 bits per heavy atom. The van der Waals surface area contributed by atoms with Crippen molar-refractivity contribution in [1.29, 1.82) is 0 Å². The van der Waals surface area contributed by atoms with Gasteiger partial charge in [-0.25, -0.2) is 0 Å². The lowest BCUT2D eigenvalue weighted by atomic mass is 10.2. The number of nitrogens with two attached hydrogens (primary N) is 1. The number of carbonyl (C=O) groups is 2. The van der Waals surface area contributed by atoms with E-state index in [1.54, 1.807) is 0 Å². The zero-order chi connectivity index (χ0) is 14.1. The maximum absolute atomic E-state index is 11.5. The number of nitrogens with zero attached hydrogens (tertiary/aromatic N) is 1. The normalized spacial score (nSPS) is 11.3. The Labute approximate surface area is 110 Å². The second-order valence-electron chi connectivity index (χ2n) is 5.33. The Kier molecular flexibility index (Phi) is 8.37. The van der Waals surface area contributed by atoms with Gasteiger partial charge in [0.2, 0.25) is 11.8 Å². The van der Waals surface area contributed by atoms with Crippen LogP contribution in [0, 0.1) is 5.92 Å².